The van der Waals surface area contributed by atoms with E-state index in [0.717, 1.165) is 39.1 Å². The number of hydrogen-bond acceptors (Lipinski definition) is 4. The lowest BCUT2D eigenvalue weighted by molar-refractivity contribution is 0.266. The number of allylic oxidation sites excluding steroid dienone is 5. The number of benzene rings is 4. The highest BCUT2D eigenvalue weighted by Crippen LogP contribution is 2.37. The van der Waals surface area contributed by atoms with Gasteiger partial charge in [0.05, 0.1) is 5.54 Å². The fourth-order valence-electron chi connectivity index (χ4n) is 5.18. The second-order valence-corrected chi connectivity index (χ2v) is 10.7. The molecule has 0 saturated carbocycles. The molecule has 41 heavy (non-hydrogen) atoms. The molecule has 1 atom stereocenters. The molecule has 5 rings (SSSR count). The predicted molar refractivity (Wildman–Crippen MR) is 172 cm³/mol. The van der Waals surface area contributed by atoms with Crippen LogP contribution in [-0.4, -0.2) is 15.7 Å². The Hall–Kier alpha value is -4.64. The Morgan fingerprint density at radius 2 is 1.41 bits per heavy atom. The summed E-state index contributed by atoms with van der Waals surface area (Å²) in [7, 11) is 0. The summed E-state index contributed by atoms with van der Waals surface area (Å²) < 4.78 is 0. The molecular formula is C37H37N3O. The minimum atomic E-state index is -0.462. The monoisotopic (exact) mass is 539 g/mol. The fourth-order valence-corrected chi connectivity index (χ4v) is 5.18. The van der Waals surface area contributed by atoms with Gasteiger partial charge in [-0.25, -0.2) is 5.01 Å². The molecule has 4 N–H and O–H groups in total. The summed E-state index contributed by atoms with van der Waals surface area (Å²) in [5.74, 6) is 6.57. The third-order valence-electron chi connectivity index (χ3n) is 7.49. The normalized spacial score (nSPS) is 18.0. The van der Waals surface area contributed by atoms with Crippen molar-refractivity contribution < 1.29 is 5.11 Å². The zero-order valence-corrected chi connectivity index (χ0v) is 23.7. The van der Waals surface area contributed by atoms with Crippen molar-refractivity contribution in [2.45, 2.75) is 32.5 Å². The van der Waals surface area contributed by atoms with Crippen LogP contribution in [0.1, 0.15) is 36.1 Å². The molecule has 4 heteroatoms. The molecule has 0 heterocycles. The summed E-state index contributed by atoms with van der Waals surface area (Å²) in [6.07, 6.45) is 10.6. The number of hydrogen-bond donors (Lipinski definition) is 3. The van der Waals surface area contributed by atoms with Gasteiger partial charge in [0.1, 0.15) is 5.75 Å². The maximum Gasteiger partial charge on any atom is 0.123 e. The number of nitrogens with zero attached hydrogens (tertiary/aromatic N) is 1. The van der Waals surface area contributed by atoms with E-state index in [0.29, 0.717) is 13.1 Å². The van der Waals surface area contributed by atoms with Gasteiger partial charge in [0.2, 0.25) is 0 Å². The molecule has 206 valence electrons. The lowest BCUT2D eigenvalue weighted by Crippen LogP contribution is -2.35. The first-order valence-corrected chi connectivity index (χ1v) is 13.9. The van der Waals surface area contributed by atoms with E-state index in [1.807, 2.05) is 59.6 Å². The van der Waals surface area contributed by atoms with Crippen molar-refractivity contribution in [1.29, 1.82) is 0 Å². The number of anilines is 1. The summed E-state index contributed by atoms with van der Waals surface area (Å²) in [5, 5.41) is 16.4. The van der Waals surface area contributed by atoms with Crippen LogP contribution in [0.25, 0.3) is 11.1 Å². The maximum atomic E-state index is 10.8. The van der Waals surface area contributed by atoms with Crippen molar-refractivity contribution in [1.82, 2.24) is 5.01 Å². The van der Waals surface area contributed by atoms with Crippen LogP contribution in [0.3, 0.4) is 0 Å². The summed E-state index contributed by atoms with van der Waals surface area (Å²) in [6.45, 7) is 5.64. The van der Waals surface area contributed by atoms with Gasteiger partial charge in [-0.3, -0.25) is 5.84 Å². The predicted octanol–water partition coefficient (Wildman–Crippen LogP) is 8.12. The van der Waals surface area contributed by atoms with Gasteiger partial charge in [0, 0.05) is 24.3 Å². The quantitative estimate of drug-likeness (QED) is 0.114. The topological polar surface area (TPSA) is 61.5 Å². The van der Waals surface area contributed by atoms with Crippen molar-refractivity contribution in [2.75, 3.05) is 5.32 Å². The molecule has 1 aliphatic rings. The number of para-hydroxylation sites is 1. The van der Waals surface area contributed by atoms with Gasteiger partial charge < -0.3 is 10.4 Å². The van der Waals surface area contributed by atoms with E-state index in [-0.39, 0.29) is 5.75 Å². The lowest BCUT2D eigenvalue weighted by Gasteiger charge is -2.33. The van der Waals surface area contributed by atoms with Crippen LogP contribution < -0.4 is 11.2 Å². The van der Waals surface area contributed by atoms with Crippen LogP contribution in [0.15, 0.2) is 145 Å². The third-order valence-corrected chi connectivity index (χ3v) is 7.49. The number of nitrogens with one attached hydrogen (secondary N) is 1. The molecular weight excluding hydrogens is 502 g/mol. The van der Waals surface area contributed by atoms with Crippen molar-refractivity contribution in [3.05, 3.63) is 167 Å². The van der Waals surface area contributed by atoms with Gasteiger partial charge >= 0.3 is 0 Å². The van der Waals surface area contributed by atoms with Gasteiger partial charge in [0.25, 0.3) is 0 Å². The van der Waals surface area contributed by atoms with Gasteiger partial charge in [-0.2, -0.15) is 0 Å². The van der Waals surface area contributed by atoms with E-state index in [2.05, 4.69) is 98.1 Å². The van der Waals surface area contributed by atoms with E-state index in [1.165, 1.54) is 5.56 Å². The number of nitrogens with two attached hydrogens (primary N) is 1. The van der Waals surface area contributed by atoms with Crippen LogP contribution in [0.5, 0.6) is 5.75 Å². The van der Waals surface area contributed by atoms with Crippen molar-refractivity contribution in [3.63, 3.8) is 0 Å². The average molecular weight is 540 g/mol. The van der Waals surface area contributed by atoms with E-state index in [1.54, 1.807) is 6.07 Å². The smallest absolute Gasteiger partial charge is 0.123 e. The lowest BCUT2D eigenvalue weighted by atomic mass is 9.84. The van der Waals surface area contributed by atoms with Gasteiger partial charge in [0.15, 0.2) is 0 Å². The highest BCUT2D eigenvalue weighted by atomic mass is 16.3. The number of phenolic OH excluding ortho intramolecular Hbond substituents is 1. The summed E-state index contributed by atoms with van der Waals surface area (Å²) in [5.41, 5.74) is 7.98. The highest BCUT2D eigenvalue weighted by Gasteiger charge is 2.27. The van der Waals surface area contributed by atoms with Gasteiger partial charge in [-0.15, -0.1) is 0 Å². The molecule has 1 unspecified atom stereocenters. The molecule has 4 nitrogen and oxygen atoms in total. The molecule has 0 spiro atoms. The molecule has 0 aromatic heterocycles. The molecule has 0 amide bonds. The van der Waals surface area contributed by atoms with Gasteiger partial charge in [-0.05, 0) is 71.5 Å². The first-order chi connectivity index (χ1) is 19.9. The second-order valence-electron chi connectivity index (χ2n) is 10.7. The minimum absolute atomic E-state index is 0.261. The van der Waals surface area contributed by atoms with E-state index in [9.17, 15) is 5.11 Å². The van der Waals surface area contributed by atoms with Crippen LogP contribution >= 0.6 is 0 Å². The van der Waals surface area contributed by atoms with E-state index < -0.39 is 5.54 Å². The Kier molecular flexibility index (Phi) is 8.64. The van der Waals surface area contributed by atoms with E-state index >= 15 is 0 Å². The molecule has 4 aromatic rings. The number of hydrazine groups is 1. The Labute approximate surface area is 243 Å². The van der Waals surface area contributed by atoms with E-state index in [4.69, 9.17) is 5.84 Å². The summed E-state index contributed by atoms with van der Waals surface area (Å²) in [6, 6.07) is 36.5. The van der Waals surface area contributed by atoms with Crippen LogP contribution in [-0.2, 0) is 13.1 Å². The number of aromatic hydroxyl groups is 1. The zero-order chi connectivity index (χ0) is 28.7. The number of phenols is 1. The average Bonchev–Trinajstić information content (AvgIpc) is 2.99. The van der Waals surface area contributed by atoms with Crippen molar-refractivity contribution in [2.24, 2.45) is 5.84 Å². The fraction of sp³-hybridized carbons (Fsp3) is 0.135. The van der Waals surface area contributed by atoms with Crippen LogP contribution in [0.4, 0.5) is 5.69 Å². The molecule has 0 aliphatic heterocycles. The van der Waals surface area contributed by atoms with Crippen molar-refractivity contribution >= 4 is 16.8 Å². The molecule has 4 aromatic carbocycles. The second kappa shape index (κ2) is 12.7. The highest BCUT2D eigenvalue weighted by molar-refractivity contribution is 5.97. The summed E-state index contributed by atoms with van der Waals surface area (Å²) in [4.78, 5) is 0. The van der Waals surface area contributed by atoms with Crippen LogP contribution in [0, 0.1) is 0 Å². The molecule has 0 bridgehead atoms. The van der Waals surface area contributed by atoms with Crippen molar-refractivity contribution in [3.8, 4) is 5.75 Å². The maximum absolute atomic E-state index is 10.8. The Bertz CT molecular complexity index is 1580. The zero-order valence-electron chi connectivity index (χ0n) is 23.7. The Morgan fingerprint density at radius 3 is 2.10 bits per heavy atom. The first kappa shape index (κ1) is 27.9. The Morgan fingerprint density at radius 1 is 0.805 bits per heavy atom. The largest absolute Gasteiger partial charge is 0.507 e. The summed E-state index contributed by atoms with van der Waals surface area (Å²) >= 11 is 0. The molecule has 0 fully saturated rings. The standard InChI is InChI=1S/C37H37N3O/c1-28(31-15-7-4-8-16-31)35(34-18-9-10-19-36(34)41)25-32-17-11-12-24-37(32,2)39-33-22-20-30(21-23-33)27-40(38)26-29-13-5-3-6-14-29/h3-25,39,41H,26-27,38H2,1-2H3/b32-25-,35-28-. The Balaban J connectivity index is 1.41. The third kappa shape index (κ3) is 6.93. The SMILES string of the molecule is C/C(=C(\C=C1\C=CC=CC1(C)Nc1ccc(CN(N)Cc2ccccc2)cc1)c1ccccc1O)c1ccccc1. The minimum Gasteiger partial charge on any atom is -0.507 e. The number of rotatable bonds is 9. The molecule has 0 saturated heterocycles. The molecule has 0 radical (unpaired) electrons. The first-order valence-electron chi connectivity index (χ1n) is 13.9. The molecule has 1 aliphatic carbocycles. The van der Waals surface area contributed by atoms with Crippen LogP contribution in [0.2, 0.25) is 0 Å². The van der Waals surface area contributed by atoms with Gasteiger partial charge in [-0.1, -0.05) is 115 Å².